The lowest BCUT2D eigenvalue weighted by Gasteiger charge is -1.95. The zero-order valence-corrected chi connectivity index (χ0v) is 10.4. The molecule has 0 aliphatic carbocycles. The summed E-state index contributed by atoms with van der Waals surface area (Å²) in [5, 5.41) is 14.0. The lowest BCUT2D eigenvalue weighted by Crippen LogP contribution is -1.94. The predicted molar refractivity (Wildman–Crippen MR) is 65.7 cm³/mol. The monoisotopic (exact) mass is 253 g/mol. The highest BCUT2D eigenvalue weighted by Gasteiger charge is 2.04. The van der Waals surface area contributed by atoms with Gasteiger partial charge in [0.15, 0.2) is 0 Å². The zero-order chi connectivity index (χ0) is 11.2. The smallest absolute Gasteiger partial charge is 0.205 e. The molecule has 84 valence electrons. The first-order valence-corrected chi connectivity index (χ1v) is 6.63. The van der Waals surface area contributed by atoms with Gasteiger partial charge in [0.05, 0.1) is 11.9 Å². The maximum atomic E-state index is 4.18. The van der Waals surface area contributed by atoms with Crippen LogP contribution in [0.2, 0.25) is 0 Å². The number of nitrogens with zero attached hydrogens (tertiary/aromatic N) is 4. The Labute approximate surface area is 102 Å². The zero-order valence-electron chi connectivity index (χ0n) is 8.75. The summed E-state index contributed by atoms with van der Waals surface area (Å²) >= 11 is 3.19. The number of hydrogen-bond donors (Lipinski definition) is 1. The Bertz CT molecular complexity index is 430. The van der Waals surface area contributed by atoms with E-state index in [1.165, 1.54) is 0 Å². The molecule has 2 aromatic rings. The van der Waals surface area contributed by atoms with Crippen LogP contribution in [0.25, 0.3) is 0 Å². The van der Waals surface area contributed by atoms with Crippen LogP contribution in [0.15, 0.2) is 23.6 Å². The van der Waals surface area contributed by atoms with Gasteiger partial charge in [-0.3, -0.25) is 4.98 Å². The van der Waals surface area contributed by atoms with Crippen molar-refractivity contribution < 1.29 is 0 Å². The molecule has 0 saturated heterocycles. The van der Waals surface area contributed by atoms with Crippen molar-refractivity contribution in [3.05, 3.63) is 23.6 Å². The van der Waals surface area contributed by atoms with E-state index in [1.807, 2.05) is 6.92 Å². The first kappa shape index (κ1) is 11.3. The number of thioether (sulfide) groups is 1. The van der Waals surface area contributed by atoms with Gasteiger partial charge in [0.1, 0.15) is 10.0 Å². The Kier molecular flexibility index (Phi) is 4.06. The fraction of sp³-hybridized carbons (Fsp3) is 0.333. The maximum absolute atomic E-state index is 4.18. The second-order valence-corrected chi connectivity index (χ2v) is 4.92. The summed E-state index contributed by atoms with van der Waals surface area (Å²) in [5.41, 5.74) is 0. The largest absolute Gasteiger partial charge is 0.360 e. The molecule has 0 aliphatic rings. The minimum Gasteiger partial charge on any atom is -0.360 e. The van der Waals surface area contributed by atoms with Gasteiger partial charge in [-0.25, -0.2) is 4.98 Å². The third-order valence-corrected chi connectivity index (χ3v) is 3.67. The van der Waals surface area contributed by atoms with E-state index in [1.54, 1.807) is 41.7 Å². The van der Waals surface area contributed by atoms with Gasteiger partial charge in [0, 0.05) is 18.9 Å². The molecule has 0 unspecified atom stereocenters. The second-order valence-electron chi connectivity index (χ2n) is 2.86. The highest BCUT2D eigenvalue weighted by atomic mass is 32.2. The minimum atomic E-state index is 0.780. The van der Waals surface area contributed by atoms with Crippen LogP contribution in [0.3, 0.4) is 0 Å². The number of nitrogens with one attached hydrogen (secondary N) is 1. The molecule has 7 heteroatoms. The van der Waals surface area contributed by atoms with E-state index >= 15 is 0 Å². The van der Waals surface area contributed by atoms with E-state index in [0.29, 0.717) is 0 Å². The quantitative estimate of drug-likeness (QED) is 0.823. The molecule has 2 aromatic heterocycles. The predicted octanol–water partition coefficient (Wildman–Crippen LogP) is 2.05. The average molecular weight is 253 g/mol. The van der Waals surface area contributed by atoms with Gasteiger partial charge in [-0.1, -0.05) is 23.1 Å². The Balaban J connectivity index is 1.89. The molecule has 0 spiro atoms. The van der Waals surface area contributed by atoms with Crippen molar-refractivity contribution in [2.75, 3.05) is 11.9 Å². The van der Waals surface area contributed by atoms with Crippen LogP contribution < -0.4 is 5.32 Å². The first-order chi connectivity index (χ1) is 7.88. The molecule has 0 saturated carbocycles. The SMILES string of the molecule is CCNc1nnc(CSc2cnccn2)s1. The topological polar surface area (TPSA) is 63.6 Å². The standard InChI is InChI=1S/C9H11N5S2/c1-2-11-9-14-13-8(16-9)6-15-7-5-10-3-4-12-7/h3-5H,2,6H2,1H3,(H,11,14). The van der Waals surface area contributed by atoms with E-state index in [4.69, 9.17) is 0 Å². The van der Waals surface area contributed by atoms with E-state index in [2.05, 4.69) is 25.5 Å². The van der Waals surface area contributed by atoms with Crippen molar-refractivity contribution >= 4 is 28.2 Å². The normalized spacial score (nSPS) is 10.3. The molecule has 0 amide bonds. The fourth-order valence-corrected chi connectivity index (χ4v) is 2.65. The van der Waals surface area contributed by atoms with Crippen molar-refractivity contribution in [2.45, 2.75) is 17.7 Å². The molecule has 2 rings (SSSR count). The maximum Gasteiger partial charge on any atom is 0.205 e. The number of hydrogen-bond acceptors (Lipinski definition) is 7. The molecule has 0 aromatic carbocycles. The summed E-state index contributed by atoms with van der Waals surface area (Å²) in [4.78, 5) is 8.18. The summed E-state index contributed by atoms with van der Waals surface area (Å²) in [6.07, 6.45) is 5.10. The Morgan fingerprint density at radius 1 is 1.38 bits per heavy atom. The highest BCUT2D eigenvalue weighted by Crippen LogP contribution is 2.23. The molecular formula is C9H11N5S2. The Hall–Kier alpha value is -1.21. The molecule has 0 fully saturated rings. The van der Waals surface area contributed by atoms with Crippen LogP contribution in [-0.2, 0) is 5.75 Å². The lowest BCUT2D eigenvalue weighted by molar-refractivity contribution is 1.02. The summed E-state index contributed by atoms with van der Waals surface area (Å²) in [6.45, 7) is 2.90. The Morgan fingerprint density at radius 2 is 2.31 bits per heavy atom. The number of aromatic nitrogens is 4. The molecule has 16 heavy (non-hydrogen) atoms. The van der Waals surface area contributed by atoms with E-state index in [9.17, 15) is 0 Å². The summed E-state index contributed by atoms with van der Waals surface area (Å²) in [7, 11) is 0. The molecule has 2 heterocycles. The van der Waals surface area contributed by atoms with Crippen molar-refractivity contribution in [1.29, 1.82) is 0 Å². The van der Waals surface area contributed by atoms with Gasteiger partial charge >= 0.3 is 0 Å². The van der Waals surface area contributed by atoms with Gasteiger partial charge in [0.2, 0.25) is 5.13 Å². The first-order valence-electron chi connectivity index (χ1n) is 4.83. The third kappa shape index (κ3) is 3.14. The highest BCUT2D eigenvalue weighted by molar-refractivity contribution is 7.98. The molecule has 5 nitrogen and oxygen atoms in total. The average Bonchev–Trinajstić information content (AvgIpc) is 2.76. The molecule has 0 atom stereocenters. The van der Waals surface area contributed by atoms with Crippen molar-refractivity contribution in [1.82, 2.24) is 20.2 Å². The summed E-state index contributed by atoms with van der Waals surface area (Å²) in [6, 6.07) is 0. The van der Waals surface area contributed by atoms with Gasteiger partial charge in [-0.15, -0.1) is 10.2 Å². The van der Waals surface area contributed by atoms with Gasteiger partial charge < -0.3 is 5.32 Å². The molecule has 0 radical (unpaired) electrons. The van der Waals surface area contributed by atoms with Crippen molar-refractivity contribution in [3.63, 3.8) is 0 Å². The summed E-state index contributed by atoms with van der Waals surface area (Å²) < 4.78 is 0. The summed E-state index contributed by atoms with van der Waals surface area (Å²) in [5.74, 6) is 0.780. The molecule has 0 bridgehead atoms. The van der Waals surface area contributed by atoms with E-state index in [0.717, 1.165) is 27.5 Å². The lowest BCUT2D eigenvalue weighted by atomic mass is 10.8. The Morgan fingerprint density at radius 3 is 3.06 bits per heavy atom. The molecule has 1 N–H and O–H groups in total. The van der Waals surface area contributed by atoms with Gasteiger partial charge in [-0.2, -0.15) is 0 Å². The van der Waals surface area contributed by atoms with Crippen LogP contribution in [0.1, 0.15) is 11.9 Å². The van der Waals surface area contributed by atoms with Crippen LogP contribution in [0.5, 0.6) is 0 Å². The van der Waals surface area contributed by atoms with Gasteiger partial charge in [-0.05, 0) is 6.92 Å². The van der Waals surface area contributed by atoms with E-state index < -0.39 is 0 Å². The number of anilines is 1. The molecule has 0 aliphatic heterocycles. The van der Waals surface area contributed by atoms with E-state index in [-0.39, 0.29) is 0 Å². The van der Waals surface area contributed by atoms with Crippen LogP contribution in [-0.4, -0.2) is 26.7 Å². The van der Waals surface area contributed by atoms with Crippen LogP contribution in [0, 0.1) is 0 Å². The number of rotatable bonds is 5. The molecular weight excluding hydrogens is 242 g/mol. The van der Waals surface area contributed by atoms with Crippen LogP contribution in [0.4, 0.5) is 5.13 Å². The second kappa shape index (κ2) is 5.76. The minimum absolute atomic E-state index is 0.780. The fourth-order valence-electron chi connectivity index (χ4n) is 1.03. The van der Waals surface area contributed by atoms with Gasteiger partial charge in [0.25, 0.3) is 0 Å². The van der Waals surface area contributed by atoms with Crippen LogP contribution >= 0.6 is 23.1 Å². The third-order valence-electron chi connectivity index (χ3n) is 1.68. The van der Waals surface area contributed by atoms with Crippen molar-refractivity contribution in [3.8, 4) is 0 Å². The van der Waals surface area contributed by atoms with Crippen molar-refractivity contribution in [2.24, 2.45) is 0 Å².